The molecule has 12 heteroatoms. The maximum Gasteiger partial charge on any atom is 0.417 e. The zero-order chi connectivity index (χ0) is 30.1. The summed E-state index contributed by atoms with van der Waals surface area (Å²) in [5.74, 6) is 0. The second-order valence-electron chi connectivity index (χ2n) is 10.4. The van der Waals surface area contributed by atoms with Gasteiger partial charge in [-0.1, -0.05) is 53.0 Å². The van der Waals surface area contributed by atoms with E-state index in [1.807, 2.05) is 18.2 Å². The first-order valence-corrected chi connectivity index (χ1v) is 14.3. The normalized spacial score (nSPS) is 16.5. The smallest absolute Gasteiger partial charge is 0.334 e. The molecule has 6 nitrogen and oxygen atoms in total. The Bertz CT molecular complexity index is 1580. The van der Waals surface area contributed by atoms with Crippen LogP contribution in [-0.2, 0) is 18.1 Å². The largest absolute Gasteiger partial charge is 0.417 e. The number of anilines is 1. The monoisotopic (exact) mass is 633 g/mol. The van der Waals surface area contributed by atoms with Gasteiger partial charge in [-0.15, -0.1) is 0 Å². The second-order valence-corrected chi connectivity index (χ2v) is 11.6. The Morgan fingerprint density at radius 2 is 1.86 bits per heavy atom. The third-order valence-corrected chi connectivity index (χ3v) is 8.74. The number of rotatable bonds is 5. The molecular formula is C30H25Cl3F3N5O. The maximum atomic E-state index is 13.9. The predicted molar refractivity (Wildman–Crippen MR) is 158 cm³/mol. The van der Waals surface area contributed by atoms with Gasteiger partial charge in [-0.3, -0.25) is 9.80 Å². The lowest BCUT2D eigenvalue weighted by Gasteiger charge is -2.39. The number of alkyl halides is 3. The molecule has 0 radical (unpaired) electrons. The SMILES string of the molecule is N#Cc1cc2c(cc1C(F)(F)F)N(C(=O)NCc1ccnc(Cl)c1)CC21CCN(CC=Cc2ccc(Cl)c(Cl)c2)CC1. The number of hydrogen-bond donors (Lipinski definition) is 1. The number of aromatic nitrogens is 1. The Morgan fingerprint density at radius 3 is 2.52 bits per heavy atom. The summed E-state index contributed by atoms with van der Waals surface area (Å²) in [5, 5.41) is 13.6. The lowest BCUT2D eigenvalue weighted by Crippen LogP contribution is -2.47. The summed E-state index contributed by atoms with van der Waals surface area (Å²) in [5.41, 5.74) is 0.329. The van der Waals surface area contributed by atoms with Crippen molar-refractivity contribution < 1.29 is 18.0 Å². The highest BCUT2D eigenvalue weighted by atomic mass is 35.5. The first-order valence-electron chi connectivity index (χ1n) is 13.1. The van der Waals surface area contributed by atoms with Crippen molar-refractivity contribution in [2.24, 2.45) is 0 Å². The van der Waals surface area contributed by atoms with Crippen molar-refractivity contribution in [1.29, 1.82) is 5.26 Å². The first-order chi connectivity index (χ1) is 20.0. The molecule has 2 aromatic carbocycles. The molecule has 1 N–H and O–H groups in total. The van der Waals surface area contributed by atoms with Crippen molar-refractivity contribution in [3.05, 3.63) is 97.8 Å². The molecule has 2 amide bonds. The van der Waals surface area contributed by atoms with Crippen LogP contribution in [0.2, 0.25) is 15.2 Å². The van der Waals surface area contributed by atoms with Gasteiger partial charge in [-0.25, -0.2) is 9.78 Å². The van der Waals surface area contributed by atoms with Gasteiger partial charge in [0.25, 0.3) is 0 Å². The summed E-state index contributed by atoms with van der Waals surface area (Å²) in [7, 11) is 0. The molecule has 1 aromatic heterocycles. The van der Waals surface area contributed by atoms with Crippen LogP contribution in [0.15, 0.2) is 54.7 Å². The van der Waals surface area contributed by atoms with E-state index in [1.165, 1.54) is 17.2 Å². The quantitative estimate of drug-likeness (QED) is 0.292. The molecule has 218 valence electrons. The molecule has 2 aliphatic heterocycles. The minimum absolute atomic E-state index is 0.126. The van der Waals surface area contributed by atoms with Crippen molar-refractivity contribution >= 4 is 52.6 Å². The van der Waals surface area contributed by atoms with Gasteiger partial charge in [0.1, 0.15) is 5.15 Å². The van der Waals surface area contributed by atoms with E-state index < -0.39 is 28.7 Å². The Balaban J connectivity index is 1.36. The molecule has 3 aromatic rings. The van der Waals surface area contributed by atoms with Crippen LogP contribution < -0.4 is 10.2 Å². The molecule has 3 heterocycles. The van der Waals surface area contributed by atoms with Gasteiger partial charge in [0.05, 0.1) is 27.2 Å². The number of pyridine rings is 1. The van der Waals surface area contributed by atoms with Crippen LogP contribution in [0, 0.1) is 11.3 Å². The zero-order valence-corrected chi connectivity index (χ0v) is 24.5. The molecule has 0 bridgehead atoms. The summed E-state index contributed by atoms with van der Waals surface area (Å²) in [4.78, 5) is 20.9. The summed E-state index contributed by atoms with van der Waals surface area (Å²) < 4.78 is 41.7. The molecular weight excluding hydrogens is 610 g/mol. The van der Waals surface area contributed by atoms with E-state index in [4.69, 9.17) is 34.8 Å². The van der Waals surface area contributed by atoms with Crippen LogP contribution >= 0.6 is 34.8 Å². The van der Waals surface area contributed by atoms with Gasteiger partial charge in [0.2, 0.25) is 0 Å². The topological polar surface area (TPSA) is 72.3 Å². The minimum atomic E-state index is -4.74. The molecule has 1 fully saturated rings. The van der Waals surface area contributed by atoms with Crippen LogP contribution in [0.3, 0.4) is 0 Å². The maximum absolute atomic E-state index is 13.9. The molecule has 0 saturated carbocycles. The van der Waals surface area contributed by atoms with Crippen molar-refractivity contribution in [2.45, 2.75) is 31.0 Å². The minimum Gasteiger partial charge on any atom is -0.334 e. The van der Waals surface area contributed by atoms with E-state index >= 15 is 0 Å². The van der Waals surface area contributed by atoms with Crippen LogP contribution in [-0.4, -0.2) is 42.1 Å². The fourth-order valence-corrected chi connectivity index (χ4v) is 6.09. The molecule has 2 aliphatic rings. The predicted octanol–water partition coefficient (Wildman–Crippen LogP) is 7.71. The number of hydrogen-bond acceptors (Lipinski definition) is 4. The lowest BCUT2D eigenvalue weighted by molar-refractivity contribution is -0.137. The highest BCUT2D eigenvalue weighted by Crippen LogP contribution is 2.49. The summed E-state index contributed by atoms with van der Waals surface area (Å²) in [6, 6.07) is 12.2. The average molecular weight is 635 g/mol. The molecule has 5 rings (SSSR count). The summed E-state index contributed by atoms with van der Waals surface area (Å²) in [6.45, 7) is 2.34. The highest BCUT2D eigenvalue weighted by molar-refractivity contribution is 6.42. The number of likely N-dealkylation sites (tertiary alicyclic amines) is 1. The summed E-state index contributed by atoms with van der Waals surface area (Å²) in [6.07, 6.45) is 1.97. The summed E-state index contributed by atoms with van der Waals surface area (Å²) >= 11 is 18.0. The van der Waals surface area contributed by atoms with Crippen LogP contribution in [0.1, 0.15) is 40.7 Å². The third-order valence-electron chi connectivity index (χ3n) is 7.80. The van der Waals surface area contributed by atoms with Crippen molar-refractivity contribution in [1.82, 2.24) is 15.2 Å². The van der Waals surface area contributed by atoms with Crippen molar-refractivity contribution in [3.8, 4) is 6.07 Å². The number of carbonyl (C=O) groups excluding carboxylic acids is 1. The number of nitriles is 1. The van der Waals surface area contributed by atoms with Gasteiger partial charge in [0, 0.05) is 36.9 Å². The number of urea groups is 1. The Morgan fingerprint density at radius 1 is 1.10 bits per heavy atom. The molecule has 1 spiro atoms. The Labute approximate surface area is 256 Å². The first kappa shape index (κ1) is 30.2. The van der Waals surface area contributed by atoms with Gasteiger partial charge in [0.15, 0.2) is 0 Å². The number of fused-ring (bicyclic) bond motifs is 2. The number of halogens is 6. The lowest BCUT2D eigenvalue weighted by atomic mass is 9.73. The number of piperidine rings is 1. The Hall–Kier alpha value is -3.29. The number of amides is 2. The van der Waals surface area contributed by atoms with Gasteiger partial charge in [-0.05, 0) is 79.0 Å². The van der Waals surface area contributed by atoms with E-state index in [0.717, 1.165) is 11.6 Å². The third kappa shape index (κ3) is 6.37. The van der Waals surface area contributed by atoms with Crippen LogP contribution in [0.4, 0.5) is 23.7 Å². The average Bonchev–Trinajstić information content (AvgIpc) is 3.26. The van der Waals surface area contributed by atoms with E-state index in [9.17, 15) is 23.2 Å². The van der Waals surface area contributed by atoms with Gasteiger partial charge >= 0.3 is 12.2 Å². The molecule has 0 unspecified atom stereocenters. The van der Waals surface area contributed by atoms with Crippen LogP contribution in [0.5, 0.6) is 0 Å². The number of benzene rings is 2. The fraction of sp³-hybridized carbons (Fsp3) is 0.300. The van der Waals surface area contributed by atoms with E-state index in [2.05, 4.69) is 15.2 Å². The molecule has 1 saturated heterocycles. The second kappa shape index (κ2) is 12.1. The fourth-order valence-electron chi connectivity index (χ4n) is 5.59. The molecule has 42 heavy (non-hydrogen) atoms. The number of nitrogens with one attached hydrogen (secondary N) is 1. The molecule has 0 aliphatic carbocycles. The van der Waals surface area contributed by atoms with Gasteiger partial charge in [-0.2, -0.15) is 18.4 Å². The van der Waals surface area contributed by atoms with E-state index in [1.54, 1.807) is 30.3 Å². The standard InChI is InChI=1S/C30H25Cl3F3N5O/c31-24-4-3-19(12-25(24)32)2-1-9-40-10-6-29(7-11-40)18-41(28(42)39-17-20-5-8-38-27(33)13-20)26-15-22(30(34,35)36)21(16-37)14-23(26)29/h1-5,8,12-15H,6-7,9-11,17-18H2,(H,39,42). The molecule has 0 atom stereocenters. The van der Waals surface area contributed by atoms with E-state index in [-0.39, 0.29) is 23.9 Å². The van der Waals surface area contributed by atoms with Crippen molar-refractivity contribution in [2.75, 3.05) is 31.1 Å². The van der Waals surface area contributed by atoms with Crippen molar-refractivity contribution in [3.63, 3.8) is 0 Å². The highest BCUT2D eigenvalue weighted by Gasteiger charge is 2.48. The number of nitrogens with zero attached hydrogens (tertiary/aromatic N) is 4. The Kier molecular flexibility index (Phi) is 8.72. The van der Waals surface area contributed by atoms with Crippen LogP contribution in [0.25, 0.3) is 6.08 Å². The van der Waals surface area contributed by atoms with E-state index in [0.29, 0.717) is 53.6 Å². The number of carbonyl (C=O) groups is 1. The zero-order valence-electron chi connectivity index (χ0n) is 22.2. The van der Waals surface area contributed by atoms with Gasteiger partial charge < -0.3 is 5.32 Å².